The van der Waals surface area contributed by atoms with Crippen molar-refractivity contribution in [3.63, 3.8) is 0 Å². The summed E-state index contributed by atoms with van der Waals surface area (Å²) in [5.74, 6) is 0. The topological polar surface area (TPSA) is 61.8 Å². The van der Waals surface area contributed by atoms with Gasteiger partial charge in [-0.3, -0.25) is 0 Å². The molecule has 1 saturated carbocycles. The molecule has 19 heavy (non-hydrogen) atoms. The van der Waals surface area contributed by atoms with Crippen LogP contribution in [-0.2, 0) is 4.74 Å². The second kappa shape index (κ2) is 7.10. The van der Waals surface area contributed by atoms with Crippen LogP contribution in [-0.4, -0.2) is 54.0 Å². The summed E-state index contributed by atoms with van der Waals surface area (Å²) in [5, 5.41) is 11.3. The van der Waals surface area contributed by atoms with Gasteiger partial charge >= 0.3 is 6.09 Å². The summed E-state index contributed by atoms with van der Waals surface area (Å²) in [4.78, 5) is 13.2. The molecule has 1 aliphatic carbocycles. The Kier molecular flexibility index (Phi) is 5.45. The molecule has 2 fully saturated rings. The largest absolute Gasteiger partial charge is 0.465 e. The van der Waals surface area contributed by atoms with Gasteiger partial charge in [0.1, 0.15) is 0 Å². The minimum absolute atomic E-state index is 0.147. The van der Waals surface area contributed by atoms with Gasteiger partial charge in [0.15, 0.2) is 0 Å². The van der Waals surface area contributed by atoms with Crippen molar-refractivity contribution in [2.75, 3.05) is 19.7 Å². The predicted molar refractivity (Wildman–Crippen MR) is 73.4 cm³/mol. The van der Waals surface area contributed by atoms with Gasteiger partial charge in [-0.05, 0) is 45.4 Å². The number of likely N-dealkylation sites (tertiary alicyclic amines) is 1. The van der Waals surface area contributed by atoms with Gasteiger partial charge in [0.2, 0.25) is 0 Å². The number of ether oxygens (including phenoxy) is 1. The maximum Gasteiger partial charge on any atom is 0.404 e. The molecule has 110 valence electrons. The lowest BCUT2D eigenvalue weighted by Gasteiger charge is -2.40. The Morgan fingerprint density at radius 2 is 1.84 bits per heavy atom. The number of piperidine rings is 1. The number of amides is 1. The smallest absolute Gasteiger partial charge is 0.404 e. The van der Waals surface area contributed by atoms with E-state index in [2.05, 4.69) is 17.1 Å². The van der Waals surface area contributed by atoms with Crippen molar-refractivity contribution in [1.29, 1.82) is 0 Å². The van der Waals surface area contributed by atoms with Crippen molar-refractivity contribution < 1.29 is 14.6 Å². The summed E-state index contributed by atoms with van der Waals surface area (Å²) in [6.07, 6.45) is 6.25. The van der Waals surface area contributed by atoms with E-state index in [0.717, 1.165) is 32.5 Å². The summed E-state index contributed by atoms with van der Waals surface area (Å²) >= 11 is 0. The molecule has 1 amide bonds. The molecule has 0 aromatic rings. The number of rotatable bonds is 4. The Bertz CT molecular complexity index is 282. The first-order chi connectivity index (χ1) is 9.19. The van der Waals surface area contributed by atoms with E-state index in [1.165, 1.54) is 25.7 Å². The summed E-state index contributed by atoms with van der Waals surface area (Å²) < 4.78 is 5.69. The van der Waals surface area contributed by atoms with Gasteiger partial charge in [-0.2, -0.15) is 0 Å². The van der Waals surface area contributed by atoms with E-state index >= 15 is 0 Å². The molecule has 0 unspecified atom stereocenters. The molecule has 0 radical (unpaired) electrons. The van der Waals surface area contributed by atoms with E-state index in [-0.39, 0.29) is 6.04 Å². The van der Waals surface area contributed by atoms with E-state index in [0.29, 0.717) is 12.1 Å². The first-order valence-corrected chi connectivity index (χ1v) is 7.54. The second-order valence-corrected chi connectivity index (χ2v) is 5.65. The molecule has 0 atom stereocenters. The van der Waals surface area contributed by atoms with Gasteiger partial charge < -0.3 is 20.1 Å². The van der Waals surface area contributed by atoms with E-state index in [1.54, 1.807) is 0 Å². The highest BCUT2D eigenvalue weighted by molar-refractivity contribution is 5.64. The molecular weight excluding hydrogens is 244 g/mol. The van der Waals surface area contributed by atoms with Crippen LogP contribution in [0.15, 0.2) is 0 Å². The molecule has 1 saturated heterocycles. The van der Waals surface area contributed by atoms with Gasteiger partial charge in [0, 0.05) is 31.8 Å². The van der Waals surface area contributed by atoms with Crippen LogP contribution in [0.4, 0.5) is 4.79 Å². The monoisotopic (exact) mass is 270 g/mol. The van der Waals surface area contributed by atoms with Crippen molar-refractivity contribution in [3.05, 3.63) is 0 Å². The van der Waals surface area contributed by atoms with Gasteiger partial charge in [-0.25, -0.2) is 4.79 Å². The van der Waals surface area contributed by atoms with Gasteiger partial charge in [-0.1, -0.05) is 0 Å². The second-order valence-electron chi connectivity index (χ2n) is 5.65. The fraction of sp³-hybridized carbons (Fsp3) is 0.929. The predicted octanol–water partition coefficient (Wildman–Crippen LogP) is 2.07. The average molecular weight is 270 g/mol. The standard InChI is InChI=1S/C14H26N2O3/c1-2-19-13-5-3-12(4-6-13)16-9-7-11(8-10-16)15-14(17)18/h11-13,15H,2-10H2,1H3,(H,17,18)/t12-,13-. The van der Waals surface area contributed by atoms with Crippen LogP contribution >= 0.6 is 0 Å². The van der Waals surface area contributed by atoms with Crippen molar-refractivity contribution in [2.45, 2.75) is 63.6 Å². The molecule has 0 aromatic heterocycles. The highest BCUT2D eigenvalue weighted by Gasteiger charge is 2.29. The lowest BCUT2D eigenvalue weighted by molar-refractivity contribution is 0.00891. The van der Waals surface area contributed by atoms with Crippen LogP contribution in [0.3, 0.4) is 0 Å². The number of hydrogen-bond acceptors (Lipinski definition) is 3. The Balaban J connectivity index is 1.69. The Labute approximate surface area is 115 Å². The number of nitrogens with zero attached hydrogens (tertiary/aromatic N) is 1. The number of nitrogens with one attached hydrogen (secondary N) is 1. The van der Waals surface area contributed by atoms with E-state index in [1.807, 2.05) is 0 Å². The van der Waals surface area contributed by atoms with Crippen LogP contribution in [0.2, 0.25) is 0 Å². The van der Waals surface area contributed by atoms with Gasteiger partial charge in [0.05, 0.1) is 6.10 Å². The first kappa shape index (κ1) is 14.6. The molecule has 1 heterocycles. The van der Waals surface area contributed by atoms with E-state index < -0.39 is 6.09 Å². The third kappa shape index (κ3) is 4.35. The number of carbonyl (C=O) groups is 1. The molecule has 2 aliphatic rings. The third-order valence-corrected chi connectivity index (χ3v) is 4.42. The molecule has 1 aliphatic heterocycles. The SMILES string of the molecule is CCO[C@H]1CC[C@H](N2CCC(NC(=O)O)CC2)CC1. The summed E-state index contributed by atoms with van der Waals surface area (Å²) in [6, 6.07) is 0.830. The molecule has 5 nitrogen and oxygen atoms in total. The normalized spacial score (nSPS) is 30.2. The van der Waals surface area contributed by atoms with Crippen LogP contribution in [0, 0.1) is 0 Å². The van der Waals surface area contributed by atoms with Crippen LogP contribution in [0.25, 0.3) is 0 Å². The van der Waals surface area contributed by atoms with Gasteiger partial charge in [-0.15, -0.1) is 0 Å². The van der Waals surface area contributed by atoms with Crippen LogP contribution < -0.4 is 5.32 Å². The highest BCUT2D eigenvalue weighted by Crippen LogP contribution is 2.27. The van der Waals surface area contributed by atoms with Crippen LogP contribution in [0.5, 0.6) is 0 Å². The fourth-order valence-corrected chi connectivity index (χ4v) is 3.40. The molecule has 0 aromatic carbocycles. The van der Waals surface area contributed by atoms with Crippen molar-refractivity contribution in [1.82, 2.24) is 10.2 Å². The quantitative estimate of drug-likeness (QED) is 0.821. The van der Waals surface area contributed by atoms with Crippen molar-refractivity contribution in [3.8, 4) is 0 Å². The third-order valence-electron chi connectivity index (χ3n) is 4.42. The fourth-order valence-electron chi connectivity index (χ4n) is 3.40. The molecule has 2 N–H and O–H groups in total. The minimum atomic E-state index is -0.893. The maximum absolute atomic E-state index is 10.6. The summed E-state index contributed by atoms with van der Waals surface area (Å²) in [6.45, 7) is 4.93. The molecule has 5 heteroatoms. The summed E-state index contributed by atoms with van der Waals surface area (Å²) in [5.41, 5.74) is 0. The Morgan fingerprint density at radius 3 is 2.37 bits per heavy atom. The minimum Gasteiger partial charge on any atom is -0.465 e. The maximum atomic E-state index is 10.6. The van der Waals surface area contributed by atoms with Crippen molar-refractivity contribution in [2.24, 2.45) is 0 Å². The zero-order chi connectivity index (χ0) is 13.7. The Morgan fingerprint density at radius 1 is 1.21 bits per heavy atom. The first-order valence-electron chi connectivity index (χ1n) is 7.54. The summed E-state index contributed by atoms with van der Waals surface area (Å²) in [7, 11) is 0. The molecule has 2 rings (SSSR count). The van der Waals surface area contributed by atoms with Gasteiger partial charge in [0.25, 0.3) is 0 Å². The highest BCUT2D eigenvalue weighted by atomic mass is 16.5. The van der Waals surface area contributed by atoms with E-state index in [4.69, 9.17) is 9.84 Å². The van der Waals surface area contributed by atoms with Crippen molar-refractivity contribution >= 4 is 6.09 Å². The number of carboxylic acid groups (broad SMARTS) is 1. The lowest BCUT2D eigenvalue weighted by atomic mass is 9.90. The Hall–Kier alpha value is -0.810. The molecular formula is C14H26N2O3. The number of hydrogen-bond donors (Lipinski definition) is 2. The average Bonchev–Trinajstić information content (AvgIpc) is 2.40. The molecule has 0 bridgehead atoms. The zero-order valence-electron chi connectivity index (χ0n) is 11.8. The zero-order valence-corrected chi connectivity index (χ0v) is 11.8. The van der Waals surface area contributed by atoms with Crippen LogP contribution in [0.1, 0.15) is 45.4 Å². The molecule has 0 spiro atoms. The van der Waals surface area contributed by atoms with E-state index in [9.17, 15) is 4.79 Å². The lowest BCUT2D eigenvalue weighted by Crippen LogP contribution is -2.48.